The molecule has 1 aliphatic rings. The van der Waals surface area contributed by atoms with Crippen molar-refractivity contribution in [2.75, 3.05) is 5.32 Å². The molecule has 0 radical (unpaired) electrons. The van der Waals surface area contributed by atoms with Crippen molar-refractivity contribution in [3.63, 3.8) is 0 Å². The number of benzene rings is 1. The minimum atomic E-state index is -0.829. The van der Waals surface area contributed by atoms with Crippen molar-refractivity contribution < 1.29 is 14.8 Å². The second kappa shape index (κ2) is 6.56. The van der Waals surface area contributed by atoms with Crippen LogP contribution in [0.4, 0.5) is 11.4 Å². The van der Waals surface area contributed by atoms with Crippen LogP contribution in [0.25, 0.3) is 0 Å². The van der Waals surface area contributed by atoms with E-state index in [0.717, 1.165) is 25.7 Å². The van der Waals surface area contributed by atoms with E-state index in [4.69, 9.17) is 0 Å². The molecule has 1 aromatic rings. The zero-order valence-electron chi connectivity index (χ0n) is 12.0. The molecule has 0 heterocycles. The van der Waals surface area contributed by atoms with Crippen molar-refractivity contribution in [3.8, 4) is 0 Å². The summed E-state index contributed by atoms with van der Waals surface area (Å²) in [6.45, 7) is 1.69. The van der Waals surface area contributed by atoms with Gasteiger partial charge in [-0.1, -0.05) is 31.4 Å². The largest absolute Gasteiger partial charge is 0.481 e. The maximum atomic E-state index is 11.4. The van der Waals surface area contributed by atoms with E-state index in [0.29, 0.717) is 17.7 Å². The minimum absolute atomic E-state index is 0.0332. The van der Waals surface area contributed by atoms with Crippen LogP contribution in [0.2, 0.25) is 0 Å². The van der Waals surface area contributed by atoms with Gasteiger partial charge in [0, 0.05) is 11.6 Å². The summed E-state index contributed by atoms with van der Waals surface area (Å²) in [6, 6.07) is 4.82. The SMILES string of the molecule is Cc1cccc(NC2CCCCCC2C(=O)O)c1[N+](=O)[O-]. The molecule has 2 N–H and O–H groups in total. The molecule has 2 rings (SSSR count). The molecule has 0 amide bonds. The quantitative estimate of drug-likeness (QED) is 0.504. The number of aliphatic carboxylic acids is 1. The highest BCUT2D eigenvalue weighted by Gasteiger charge is 2.31. The first-order chi connectivity index (χ1) is 10.0. The van der Waals surface area contributed by atoms with Crippen LogP contribution in [-0.4, -0.2) is 22.0 Å². The predicted molar refractivity (Wildman–Crippen MR) is 79.5 cm³/mol. The summed E-state index contributed by atoms with van der Waals surface area (Å²) in [4.78, 5) is 22.2. The fourth-order valence-corrected chi connectivity index (χ4v) is 2.99. The number of anilines is 1. The number of nitro groups is 1. The Morgan fingerprint density at radius 1 is 1.33 bits per heavy atom. The van der Waals surface area contributed by atoms with E-state index in [1.54, 1.807) is 25.1 Å². The molecule has 0 aliphatic heterocycles. The fourth-order valence-electron chi connectivity index (χ4n) is 2.99. The van der Waals surface area contributed by atoms with Gasteiger partial charge in [0.1, 0.15) is 5.69 Å². The third-order valence-corrected chi connectivity index (χ3v) is 4.09. The Labute approximate surface area is 123 Å². The highest BCUT2D eigenvalue weighted by molar-refractivity contribution is 5.73. The van der Waals surface area contributed by atoms with Crippen LogP contribution in [0.1, 0.15) is 37.7 Å². The number of aryl methyl sites for hydroxylation is 1. The van der Waals surface area contributed by atoms with Gasteiger partial charge in [-0.2, -0.15) is 0 Å². The van der Waals surface area contributed by atoms with Crippen LogP contribution in [0.15, 0.2) is 18.2 Å². The number of nitrogens with one attached hydrogen (secondary N) is 1. The Morgan fingerprint density at radius 3 is 2.71 bits per heavy atom. The molecule has 6 heteroatoms. The smallest absolute Gasteiger partial charge is 0.308 e. The van der Waals surface area contributed by atoms with Crippen LogP contribution >= 0.6 is 0 Å². The molecule has 1 fully saturated rings. The third-order valence-electron chi connectivity index (χ3n) is 4.09. The Morgan fingerprint density at radius 2 is 2.05 bits per heavy atom. The number of para-hydroxylation sites is 1. The van der Waals surface area contributed by atoms with Crippen LogP contribution in [0.5, 0.6) is 0 Å². The van der Waals surface area contributed by atoms with E-state index in [2.05, 4.69) is 5.32 Å². The van der Waals surface area contributed by atoms with Crippen molar-refractivity contribution in [1.82, 2.24) is 0 Å². The molecular weight excluding hydrogens is 272 g/mol. The summed E-state index contributed by atoms with van der Waals surface area (Å²) >= 11 is 0. The summed E-state index contributed by atoms with van der Waals surface area (Å²) in [5.74, 6) is -1.32. The van der Waals surface area contributed by atoms with E-state index < -0.39 is 16.8 Å². The molecule has 21 heavy (non-hydrogen) atoms. The van der Waals surface area contributed by atoms with Gasteiger partial charge in [0.05, 0.1) is 10.8 Å². The van der Waals surface area contributed by atoms with Gasteiger partial charge in [-0.3, -0.25) is 14.9 Å². The standard InChI is InChI=1S/C15H20N2O4/c1-10-6-5-9-13(14(10)17(20)21)16-12-8-4-2-3-7-11(12)15(18)19/h5-6,9,11-12,16H,2-4,7-8H2,1H3,(H,18,19). The summed E-state index contributed by atoms with van der Waals surface area (Å²) in [5.41, 5.74) is 1.02. The monoisotopic (exact) mass is 292 g/mol. The van der Waals surface area contributed by atoms with Gasteiger partial charge >= 0.3 is 5.97 Å². The van der Waals surface area contributed by atoms with Crippen molar-refractivity contribution >= 4 is 17.3 Å². The van der Waals surface area contributed by atoms with Crippen molar-refractivity contribution in [3.05, 3.63) is 33.9 Å². The molecule has 6 nitrogen and oxygen atoms in total. The van der Waals surface area contributed by atoms with Gasteiger partial charge in [0.25, 0.3) is 5.69 Å². The molecule has 2 atom stereocenters. The molecule has 0 spiro atoms. The van der Waals surface area contributed by atoms with Gasteiger partial charge in [-0.05, 0) is 25.8 Å². The fraction of sp³-hybridized carbons (Fsp3) is 0.533. The number of carboxylic acid groups (broad SMARTS) is 1. The van der Waals surface area contributed by atoms with Crippen molar-refractivity contribution in [2.45, 2.75) is 45.1 Å². The van der Waals surface area contributed by atoms with E-state index in [1.165, 1.54) is 0 Å². The van der Waals surface area contributed by atoms with Gasteiger partial charge in [0.2, 0.25) is 0 Å². The second-order valence-corrected chi connectivity index (χ2v) is 5.56. The molecule has 1 aliphatic carbocycles. The van der Waals surface area contributed by atoms with E-state index in [9.17, 15) is 20.0 Å². The average molecular weight is 292 g/mol. The Kier molecular flexibility index (Phi) is 4.77. The number of nitrogens with zero attached hydrogens (tertiary/aromatic N) is 1. The first kappa shape index (κ1) is 15.3. The van der Waals surface area contributed by atoms with Crippen LogP contribution in [-0.2, 0) is 4.79 Å². The topological polar surface area (TPSA) is 92.5 Å². The predicted octanol–water partition coefficient (Wildman–Crippen LogP) is 3.35. The van der Waals surface area contributed by atoms with E-state index in [-0.39, 0.29) is 11.7 Å². The second-order valence-electron chi connectivity index (χ2n) is 5.56. The molecule has 1 aromatic carbocycles. The highest BCUT2D eigenvalue weighted by atomic mass is 16.6. The first-order valence-electron chi connectivity index (χ1n) is 7.24. The number of hydrogen-bond acceptors (Lipinski definition) is 4. The number of hydrogen-bond donors (Lipinski definition) is 2. The molecule has 0 aromatic heterocycles. The Hall–Kier alpha value is -2.11. The lowest BCUT2D eigenvalue weighted by molar-refractivity contribution is -0.384. The van der Waals surface area contributed by atoms with E-state index in [1.807, 2.05) is 0 Å². The van der Waals surface area contributed by atoms with Crippen molar-refractivity contribution in [2.24, 2.45) is 5.92 Å². The molecule has 0 saturated heterocycles. The normalized spacial score (nSPS) is 22.3. The lowest BCUT2D eigenvalue weighted by atomic mass is 9.94. The summed E-state index contributed by atoms with van der Waals surface area (Å²) in [6.07, 6.45) is 4.19. The lowest BCUT2D eigenvalue weighted by Crippen LogP contribution is -2.34. The first-order valence-corrected chi connectivity index (χ1v) is 7.24. The lowest BCUT2D eigenvalue weighted by Gasteiger charge is -2.24. The highest BCUT2D eigenvalue weighted by Crippen LogP contribution is 2.32. The summed E-state index contributed by atoms with van der Waals surface area (Å²) < 4.78 is 0. The van der Waals surface area contributed by atoms with Gasteiger partial charge in [-0.25, -0.2) is 0 Å². The number of rotatable bonds is 4. The van der Waals surface area contributed by atoms with Crippen LogP contribution in [0.3, 0.4) is 0 Å². The van der Waals surface area contributed by atoms with Crippen molar-refractivity contribution in [1.29, 1.82) is 0 Å². The van der Waals surface area contributed by atoms with Crippen LogP contribution < -0.4 is 5.32 Å². The average Bonchev–Trinajstić information content (AvgIpc) is 2.63. The molecule has 0 bridgehead atoms. The maximum absolute atomic E-state index is 11.4. The Balaban J connectivity index is 2.28. The zero-order valence-corrected chi connectivity index (χ0v) is 12.0. The maximum Gasteiger partial charge on any atom is 0.308 e. The van der Waals surface area contributed by atoms with Gasteiger partial charge in [-0.15, -0.1) is 0 Å². The van der Waals surface area contributed by atoms with Gasteiger partial charge in [0.15, 0.2) is 0 Å². The number of carboxylic acids is 1. The number of nitro benzene ring substituents is 1. The molecule has 114 valence electrons. The molecule has 1 saturated carbocycles. The third kappa shape index (κ3) is 3.51. The zero-order chi connectivity index (χ0) is 15.4. The Bertz CT molecular complexity index is 544. The minimum Gasteiger partial charge on any atom is -0.481 e. The van der Waals surface area contributed by atoms with Crippen LogP contribution in [0, 0.1) is 23.0 Å². The molecular formula is C15H20N2O4. The van der Waals surface area contributed by atoms with Gasteiger partial charge < -0.3 is 10.4 Å². The molecule has 2 unspecified atom stereocenters. The summed E-state index contributed by atoms with van der Waals surface area (Å²) in [5, 5.41) is 23.7. The van der Waals surface area contributed by atoms with E-state index >= 15 is 0 Å². The summed E-state index contributed by atoms with van der Waals surface area (Å²) in [7, 11) is 0. The number of carbonyl (C=O) groups is 1.